The van der Waals surface area contributed by atoms with Gasteiger partial charge in [-0.2, -0.15) is 0 Å². The van der Waals surface area contributed by atoms with E-state index in [0.717, 1.165) is 19.3 Å². The average Bonchev–Trinajstić information content (AvgIpc) is 3.30. The number of nitrogens with one attached hydrogen (secondary N) is 2. The lowest BCUT2D eigenvalue weighted by Crippen LogP contribution is -2.47. The van der Waals surface area contributed by atoms with E-state index < -0.39 is 0 Å². The number of hydrogen-bond acceptors (Lipinski definition) is 4. The molecule has 2 N–H and O–H groups in total. The Morgan fingerprint density at radius 3 is 2.36 bits per heavy atom. The molecule has 0 aromatic heterocycles. The predicted molar refractivity (Wildman–Crippen MR) is 90.2 cm³/mol. The van der Waals surface area contributed by atoms with Crippen molar-refractivity contribution in [1.29, 1.82) is 0 Å². The van der Waals surface area contributed by atoms with Gasteiger partial charge in [-0.1, -0.05) is 30.2 Å². The lowest BCUT2D eigenvalue weighted by molar-refractivity contribution is -0.123. The van der Waals surface area contributed by atoms with Crippen molar-refractivity contribution in [2.24, 2.45) is 11.8 Å². The molecule has 5 atom stereocenters. The summed E-state index contributed by atoms with van der Waals surface area (Å²) < 4.78 is 11.6. The van der Waals surface area contributed by atoms with Crippen molar-refractivity contribution in [1.82, 2.24) is 10.6 Å². The first kappa shape index (κ1) is 16.4. The summed E-state index contributed by atoms with van der Waals surface area (Å²) in [7, 11) is 0. The molecular weight excluding hydrogens is 320 g/mol. The molecule has 2 heterocycles. The van der Waals surface area contributed by atoms with Crippen LogP contribution in [0.2, 0.25) is 0 Å². The maximum Gasteiger partial charge on any atom is 0.296 e. The third-order valence-corrected chi connectivity index (χ3v) is 5.00. The van der Waals surface area contributed by atoms with E-state index in [9.17, 15) is 9.59 Å². The Kier molecular flexibility index (Phi) is 4.60. The second-order valence-electron chi connectivity index (χ2n) is 6.99. The minimum absolute atomic E-state index is 0.0887. The first-order chi connectivity index (χ1) is 12.2. The van der Waals surface area contributed by atoms with E-state index in [4.69, 9.17) is 9.47 Å². The maximum atomic E-state index is 12.1. The fraction of sp³-hybridized carbons (Fsp3) is 0.579. The number of carbonyl (C=O) groups excluding carboxylic acids is 2. The van der Waals surface area contributed by atoms with Gasteiger partial charge < -0.3 is 20.1 Å². The number of rotatable bonds is 3. The van der Waals surface area contributed by atoms with Crippen LogP contribution in [0.3, 0.4) is 0 Å². The van der Waals surface area contributed by atoms with E-state index in [1.165, 1.54) is 0 Å². The summed E-state index contributed by atoms with van der Waals surface area (Å²) in [6.07, 6.45) is 10.3. The highest BCUT2D eigenvalue weighted by molar-refractivity contribution is 5.93. The molecule has 2 aliphatic heterocycles. The van der Waals surface area contributed by atoms with Gasteiger partial charge in [0.25, 0.3) is 5.91 Å². The molecule has 132 valence electrons. The first-order valence-corrected chi connectivity index (χ1v) is 8.89. The second-order valence-corrected chi connectivity index (χ2v) is 6.99. The van der Waals surface area contributed by atoms with Crippen LogP contribution in [0.4, 0.5) is 0 Å². The van der Waals surface area contributed by atoms with Gasteiger partial charge >= 0.3 is 0 Å². The van der Waals surface area contributed by atoms with Gasteiger partial charge in [-0.25, -0.2) is 0 Å². The quantitative estimate of drug-likeness (QED) is 0.724. The Hall–Kier alpha value is -2.10. The van der Waals surface area contributed by atoms with Gasteiger partial charge in [0, 0.05) is 11.8 Å². The molecule has 4 aliphatic rings. The zero-order valence-corrected chi connectivity index (χ0v) is 13.9. The minimum atomic E-state index is -0.314. The molecule has 0 aromatic carbocycles. The van der Waals surface area contributed by atoms with Crippen molar-refractivity contribution in [3.05, 3.63) is 24.3 Å². The summed E-state index contributed by atoms with van der Waals surface area (Å²) in [5, 5.41) is 5.89. The Morgan fingerprint density at radius 1 is 1.00 bits per heavy atom. The summed E-state index contributed by atoms with van der Waals surface area (Å²) in [6, 6.07) is -0.360. The highest BCUT2D eigenvalue weighted by atomic mass is 16.6. The van der Waals surface area contributed by atoms with Gasteiger partial charge in [0.05, 0.1) is 25.3 Å². The van der Waals surface area contributed by atoms with Crippen molar-refractivity contribution in [3.63, 3.8) is 0 Å². The van der Waals surface area contributed by atoms with E-state index in [-0.39, 0.29) is 47.9 Å². The minimum Gasteiger partial charge on any atom is -0.371 e. The van der Waals surface area contributed by atoms with E-state index in [1.54, 1.807) is 0 Å². The smallest absolute Gasteiger partial charge is 0.296 e. The molecule has 3 unspecified atom stereocenters. The van der Waals surface area contributed by atoms with E-state index in [0.29, 0.717) is 13.2 Å². The molecule has 1 saturated carbocycles. The van der Waals surface area contributed by atoms with Gasteiger partial charge in [-0.15, -0.1) is 0 Å². The van der Waals surface area contributed by atoms with Crippen LogP contribution in [0, 0.1) is 23.7 Å². The molecule has 0 spiro atoms. The fourth-order valence-corrected chi connectivity index (χ4v) is 3.44. The summed E-state index contributed by atoms with van der Waals surface area (Å²) in [4.78, 5) is 24.0. The van der Waals surface area contributed by atoms with Crippen molar-refractivity contribution in [2.75, 3.05) is 13.2 Å². The van der Waals surface area contributed by atoms with E-state index in [1.807, 2.05) is 24.3 Å². The van der Waals surface area contributed by atoms with Crippen molar-refractivity contribution < 1.29 is 19.1 Å². The van der Waals surface area contributed by atoms with Crippen molar-refractivity contribution in [2.45, 2.75) is 43.6 Å². The monoisotopic (exact) mass is 342 g/mol. The number of carbonyl (C=O) groups is 2. The van der Waals surface area contributed by atoms with Crippen LogP contribution >= 0.6 is 0 Å². The number of ether oxygens (including phenoxy) is 2. The lowest BCUT2D eigenvalue weighted by atomic mass is 10.0. The van der Waals surface area contributed by atoms with Crippen LogP contribution in [0.1, 0.15) is 19.3 Å². The van der Waals surface area contributed by atoms with E-state index >= 15 is 0 Å². The Labute approximate surface area is 147 Å². The average molecular weight is 342 g/mol. The SMILES string of the molecule is O=C(C#CC1C=CC=CC1)N[C@H]1COC2C1OC[C@@H]2NC(=O)C1CC1. The Morgan fingerprint density at radius 2 is 1.72 bits per heavy atom. The van der Waals surface area contributed by atoms with Crippen LogP contribution in [-0.4, -0.2) is 49.3 Å². The largest absolute Gasteiger partial charge is 0.371 e. The van der Waals surface area contributed by atoms with Crippen molar-refractivity contribution in [3.8, 4) is 11.8 Å². The second kappa shape index (κ2) is 7.03. The number of allylic oxidation sites excluding steroid dienone is 4. The normalized spacial score (nSPS) is 35.6. The van der Waals surface area contributed by atoms with Crippen molar-refractivity contribution >= 4 is 11.8 Å². The molecular formula is C19H22N2O4. The molecule has 0 aromatic rings. The van der Waals surface area contributed by atoms with Crippen LogP contribution in [0.15, 0.2) is 24.3 Å². The van der Waals surface area contributed by atoms with Crippen LogP contribution in [0.5, 0.6) is 0 Å². The molecule has 3 fully saturated rings. The molecule has 2 amide bonds. The van der Waals surface area contributed by atoms with Gasteiger partial charge in [0.15, 0.2) is 0 Å². The third-order valence-electron chi connectivity index (χ3n) is 5.00. The summed E-state index contributed by atoms with van der Waals surface area (Å²) in [6.45, 7) is 0.801. The Bertz CT molecular complexity index is 671. The molecule has 25 heavy (non-hydrogen) atoms. The molecule has 0 radical (unpaired) electrons. The third kappa shape index (κ3) is 3.78. The molecule has 2 saturated heterocycles. The number of amides is 2. The van der Waals surface area contributed by atoms with Gasteiger partial charge in [-0.3, -0.25) is 9.59 Å². The molecule has 6 nitrogen and oxygen atoms in total. The van der Waals surface area contributed by atoms with Crippen LogP contribution < -0.4 is 10.6 Å². The molecule has 2 aliphatic carbocycles. The van der Waals surface area contributed by atoms with Gasteiger partial charge in [0.1, 0.15) is 12.2 Å². The summed E-state index contributed by atoms with van der Waals surface area (Å²) in [5.74, 6) is 5.66. The predicted octanol–water partition coefficient (Wildman–Crippen LogP) is 0.299. The maximum absolute atomic E-state index is 12.1. The lowest BCUT2D eigenvalue weighted by Gasteiger charge is -2.17. The number of fused-ring (bicyclic) bond motifs is 1. The number of hydrogen-bond donors (Lipinski definition) is 2. The summed E-state index contributed by atoms with van der Waals surface area (Å²) in [5.41, 5.74) is 0. The highest BCUT2D eigenvalue weighted by Crippen LogP contribution is 2.31. The Balaban J connectivity index is 1.29. The zero-order valence-electron chi connectivity index (χ0n) is 13.9. The fourth-order valence-electron chi connectivity index (χ4n) is 3.44. The van der Waals surface area contributed by atoms with Gasteiger partial charge in [-0.05, 0) is 25.2 Å². The zero-order chi connectivity index (χ0) is 17.2. The first-order valence-electron chi connectivity index (χ1n) is 8.89. The molecule has 0 bridgehead atoms. The van der Waals surface area contributed by atoms with Gasteiger partial charge in [0.2, 0.25) is 5.91 Å². The molecule has 4 rings (SSSR count). The topological polar surface area (TPSA) is 76.7 Å². The van der Waals surface area contributed by atoms with E-state index in [2.05, 4.69) is 22.5 Å². The van der Waals surface area contributed by atoms with Crippen LogP contribution in [-0.2, 0) is 19.1 Å². The molecule has 6 heteroatoms. The highest BCUT2D eigenvalue weighted by Gasteiger charge is 2.49. The van der Waals surface area contributed by atoms with Crippen LogP contribution in [0.25, 0.3) is 0 Å². The standard InChI is InChI=1S/C19H22N2O4/c22-16(9-6-12-4-2-1-3-5-12)20-14-10-24-18-15(11-25-17(14)18)21-19(23)13-7-8-13/h1-4,12-15,17-18H,5,7-8,10-11H2,(H,20,22)(H,21,23)/t12?,14-,15-,17?,18?/m0/s1. The summed E-state index contributed by atoms with van der Waals surface area (Å²) >= 11 is 0.